The third-order valence-electron chi connectivity index (χ3n) is 3.72. The number of carbonyl (C=O) groups excluding carboxylic acids is 1. The molecule has 1 atom stereocenters. The second-order valence-electron chi connectivity index (χ2n) is 5.82. The van der Waals surface area contributed by atoms with E-state index in [4.69, 9.17) is 0 Å². The van der Waals surface area contributed by atoms with Crippen molar-refractivity contribution < 1.29 is 9.90 Å². The van der Waals surface area contributed by atoms with E-state index < -0.39 is 0 Å². The number of hydrogen-bond donors (Lipinski definition) is 2. The topological polar surface area (TPSA) is 49.3 Å². The highest BCUT2D eigenvalue weighted by Gasteiger charge is 2.13. The number of benzene rings is 2. The molecule has 0 unspecified atom stereocenters. The standard InChI is InChI=1S/C19H23NO2/c1-14(2)16-8-10-17(11-9-16)19(22)20-18(13-21)12-15-6-4-3-5-7-15/h3-11,14,18,21H,12-13H2,1-2H3,(H,20,22)/t18-/m0/s1. The highest BCUT2D eigenvalue weighted by molar-refractivity contribution is 5.94. The molecule has 0 bridgehead atoms. The molecule has 0 saturated heterocycles. The van der Waals surface area contributed by atoms with Gasteiger partial charge in [0.15, 0.2) is 0 Å². The smallest absolute Gasteiger partial charge is 0.251 e. The Labute approximate surface area is 132 Å². The SMILES string of the molecule is CC(C)c1ccc(C(=O)N[C@H](CO)Cc2ccccc2)cc1. The van der Waals surface area contributed by atoms with Crippen LogP contribution in [0.15, 0.2) is 54.6 Å². The van der Waals surface area contributed by atoms with Crippen molar-refractivity contribution in [2.45, 2.75) is 32.2 Å². The summed E-state index contributed by atoms with van der Waals surface area (Å²) in [4.78, 5) is 12.3. The zero-order valence-corrected chi connectivity index (χ0v) is 13.1. The van der Waals surface area contributed by atoms with Gasteiger partial charge in [0.1, 0.15) is 0 Å². The van der Waals surface area contributed by atoms with E-state index >= 15 is 0 Å². The summed E-state index contributed by atoms with van der Waals surface area (Å²) in [6, 6.07) is 17.2. The molecule has 0 fully saturated rings. The van der Waals surface area contributed by atoms with E-state index in [2.05, 4.69) is 19.2 Å². The Kier molecular flexibility index (Phi) is 5.73. The molecular weight excluding hydrogens is 274 g/mol. The quantitative estimate of drug-likeness (QED) is 0.860. The Bertz CT molecular complexity index is 591. The van der Waals surface area contributed by atoms with Crippen LogP contribution in [-0.2, 0) is 6.42 Å². The predicted octanol–water partition coefficient (Wildman–Crippen LogP) is 3.14. The van der Waals surface area contributed by atoms with Crippen molar-refractivity contribution in [2.24, 2.45) is 0 Å². The van der Waals surface area contributed by atoms with Gasteiger partial charge in [-0.1, -0.05) is 56.3 Å². The van der Waals surface area contributed by atoms with Crippen molar-refractivity contribution in [2.75, 3.05) is 6.61 Å². The fourth-order valence-electron chi connectivity index (χ4n) is 2.35. The third-order valence-corrected chi connectivity index (χ3v) is 3.72. The van der Waals surface area contributed by atoms with Gasteiger partial charge in [0.05, 0.1) is 12.6 Å². The molecule has 22 heavy (non-hydrogen) atoms. The van der Waals surface area contributed by atoms with Crippen LogP contribution in [-0.4, -0.2) is 23.7 Å². The number of aliphatic hydroxyl groups excluding tert-OH is 1. The monoisotopic (exact) mass is 297 g/mol. The lowest BCUT2D eigenvalue weighted by Gasteiger charge is -2.17. The van der Waals surface area contributed by atoms with Crippen molar-refractivity contribution in [3.63, 3.8) is 0 Å². The summed E-state index contributed by atoms with van der Waals surface area (Å²) in [7, 11) is 0. The Hall–Kier alpha value is -2.13. The highest BCUT2D eigenvalue weighted by Crippen LogP contribution is 2.14. The van der Waals surface area contributed by atoms with Crippen LogP contribution in [0.1, 0.15) is 41.3 Å². The van der Waals surface area contributed by atoms with Crippen LogP contribution in [0.3, 0.4) is 0 Å². The van der Waals surface area contributed by atoms with E-state index in [9.17, 15) is 9.90 Å². The zero-order valence-electron chi connectivity index (χ0n) is 13.1. The minimum Gasteiger partial charge on any atom is -0.394 e. The van der Waals surface area contributed by atoms with Crippen molar-refractivity contribution in [3.05, 3.63) is 71.3 Å². The van der Waals surface area contributed by atoms with Gasteiger partial charge >= 0.3 is 0 Å². The van der Waals surface area contributed by atoms with Crippen molar-refractivity contribution in [3.8, 4) is 0 Å². The lowest BCUT2D eigenvalue weighted by molar-refractivity contribution is 0.0916. The number of hydrogen-bond acceptors (Lipinski definition) is 2. The Morgan fingerprint density at radius 2 is 1.68 bits per heavy atom. The first kappa shape index (κ1) is 16.2. The Morgan fingerprint density at radius 1 is 1.05 bits per heavy atom. The number of nitrogens with one attached hydrogen (secondary N) is 1. The number of rotatable bonds is 6. The number of amides is 1. The van der Waals surface area contributed by atoms with E-state index in [1.165, 1.54) is 5.56 Å². The first-order valence-electron chi connectivity index (χ1n) is 7.65. The average molecular weight is 297 g/mol. The van der Waals surface area contributed by atoms with Gasteiger partial charge in [0.25, 0.3) is 5.91 Å². The molecular formula is C19H23NO2. The van der Waals surface area contributed by atoms with E-state index in [-0.39, 0.29) is 18.6 Å². The van der Waals surface area contributed by atoms with Gasteiger partial charge in [-0.25, -0.2) is 0 Å². The summed E-state index contributed by atoms with van der Waals surface area (Å²) in [5.41, 5.74) is 2.92. The second-order valence-corrected chi connectivity index (χ2v) is 5.82. The van der Waals surface area contributed by atoms with Crippen LogP contribution < -0.4 is 5.32 Å². The highest BCUT2D eigenvalue weighted by atomic mass is 16.3. The average Bonchev–Trinajstić information content (AvgIpc) is 2.55. The molecule has 116 valence electrons. The summed E-state index contributed by atoms with van der Waals surface area (Å²) < 4.78 is 0. The number of carbonyl (C=O) groups is 1. The molecule has 0 saturated carbocycles. The molecule has 3 nitrogen and oxygen atoms in total. The summed E-state index contributed by atoms with van der Waals surface area (Å²) in [6.45, 7) is 4.16. The summed E-state index contributed by atoms with van der Waals surface area (Å²) in [5, 5.41) is 12.4. The second kappa shape index (κ2) is 7.76. The van der Waals surface area contributed by atoms with Crippen LogP contribution in [0.4, 0.5) is 0 Å². The van der Waals surface area contributed by atoms with Gasteiger partial charge in [0, 0.05) is 5.56 Å². The molecule has 2 rings (SSSR count). The lowest BCUT2D eigenvalue weighted by atomic mass is 10.0. The summed E-state index contributed by atoms with van der Waals surface area (Å²) in [6.07, 6.45) is 0.618. The van der Waals surface area contributed by atoms with Gasteiger partial charge in [-0.15, -0.1) is 0 Å². The predicted molar refractivity (Wildman–Crippen MR) is 89.0 cm³/mol. The van der Waals surface area contributed by atoms with Crippen LogP contribution in [0.5, 0.6) is 0 Å². The van der Waals surface area contributed by atoms with Gasteiger partial charge in [0.2, 0.25) is 0 Å². The van der Waals surface area contributed by atoms with Crippen molar-refractivity contribution in [1.82, 2.24) is 5.32 Å². The maximum absolute atomic E-state index is 12.3. The summed E-state index contributed by atoms with van der Waals surface area (Å²) >= 11 is 0. The molecule has 1 amide bonds. The minimum atomic E-state index is -0.278. The molecule has 0 aliphatic rings. The van der Waals surface area contributed by atoms with Crippen molar-refractivity contribution in [1.29, 1.82) is 0 Å². The minimum absolute atomic E-state index is 0.0787. The molecule has 0 heterocycles. The largest absolute Gasteiger partial charge is 0.394 e. The van der Waals surface area contributed by atoms with E-state index in [0.29, 0.717) is 17.9 Å². The lowest BCUT2D eigenvalue weighted by Crippen LogP contribution is -2.39. The van der Waals surface area contributed by atoms with Crippen LogP contribution in [0.25, 0.3) is 0 Å². The first-order chi connectivity index (χ1) is 10.6. The Morgan fingerprint density at radius 3 is 2.23 bits per heavy atom. The fraction of sp³-hybridized carbons (Fsp3) is 0.316. The van der Waals surface area contributed by atoms with Crippen LogP contribution in [0.2, 0.25) is 0 Å². The molecule has 0 aliphatic heterocycles. The maximum Gasteiger partial charge on any atom is 0.251 e. The maximum atomic E-state index is 12.3. The number of aliphatic hydroxyl groups is 1. The molecule has 0 aliphatic carbocycles. The van der Waals surface area contributed by atoms with Gasteiger partial charge < -0.3 is 10.4 Å². The Balaban J connectivity index is 1.99. The van der Waals surface area contributed by atoms with Crippen molar-refractivity contribution >= 4 is 5.91 Å². The van der Waals surface area contributed by atoms with E-state index in [0.717, 1.165) is 5.56 Å². The molecule has 2 aromatic carbocycles. The molecule has 3 heteroatoms. The normalized spacial score (nSPS) is 12.2. The fourth-order valence-corrected chi connectivity index (χ4v) is 2.35. The van der Waals surface area contributed by atoms with Crippen LogP contribution in [0, 0.1) is 0 Å². The molecule has 0 aromatic heterocycles. The van der Waals surface area contributed by atoms with Gasteiger partial charge in [-0.3, -0.25) is 4.79 Å². The summed E-state index contributed by atoms with van der Waals surface area (Å²) in [5.74, 6) is 0.297. The molecule has 0 spiro atoms. The van der Waals surface area contributed by atoms with Gasteiger partial charge in [-0.05, 0) is 35.6 Å². The van der Waals surface area contributed by atoms with E-state index in [1.54, 1.807) is 0 Å². The molecule has 2 aromatic rings. The first-order valence-corrected chi connectivity index (χ1v) is 7.65. The molecule has 2 N–H and O–H groups in total. The zero-order chi connectivity index (χ0) is 15.9. The van der Waals surface area contributed by atoms with Gasteiger partial charge in [-0.2, -0.15) is 0 Å². The van der Waals surface area contributed by atoms with Crippen LogP contribution >= 0.6 is 0 Å². The molecule has 0 radical (unpaired) electrons. The van der Waals surface area contributed by atoms with E-state index in [1.807, 2.05) is 54.6 Å². The third kappa shape index (κ3) is 4.43.